The van der Waals surface area contributed by atoms with Crippen molar-refractivity contribution in [1.29, 1.82) is 0 Å². The van der Waals surface area contributed by atoms with E-state index >= 15 is 0 Å². The highest BCUT2D eigenvalue weighted by Crippen LogP contribution is 2.35. The van der Waals surface area contributed by atoms with Crippen molar-refractivity contribution in [2.45, 2.75) is 49.1 Å². The normalized spacial score (nSPS) is 21.8. The van der Waals surface area contributed by atoms with Crippen LogP contribution in [0, 0.1) is 6.92 Å². The number of benzene rings is 2. The third-order valence-corrected chi connectivity index (χ3v) is 9.63. The number of ether oxygens (including phenoxy) is 1. The molecule has 2 atom stereocenters. The Kier molecular flexibility index (Phi) is 5.86. The van der Waals surface area contributed by atoms with E-state index in [1.54, 1.807) is 43.7 Å². The molecule has 4 heterocycles. The van der Waals surface area contributed by atoms with Crippen molar-refractivity contribution in [1.82, 2.24) is 13.9 Å². The minimum atomic E-state index is -3.96. The van der Waals surface area contributed by atoms with E-state index in [-0.39, 0.29) is 21.6 Å². The van der Waals surface area contributed by atoms with Gasteiger partial charge in [-0.3, -0.25) is 4.79 Å². The SMILES string of the molecule is Cc1ccc(S(=O)(=O)n2cc(-c3ccc(CC4CCC5(CCO5)CN4)cc3)c3ccn(C)c(=O)c32)cc1. The highest BCUT2D eigenvalue weighted by Gasteiger charge is 2.41. The maximum absolute atomic E-state index is 13.6. The van der Waals surface area contributed by atoms with Gasteiger partial charge in [-0.15, -0.1) is 0 Å². The second-order valence-electron chi connectivity index (χ2n) is 10.4. The highest BCUT2D eigenvalue weighted by molar-refractivity contribution is 7.90. The van der Waals surface area contributed by atoms with Crippen molar-refractivity contribution in [3.63, 3.8) is 0 Å². The zero-order valence-corrected chi connectivity index (χ0v) is 21.9. The monoisotopic (exact) mass is 517 g/mol. The van der Waals surface area contributed by atoms with E-state index in [0.717, 1.165) is 59.5 Å². The molecule has 0 saturated carbocycles. The molecule has 2 saturated heterocycles. The van der Waals surface area contributed by atoms with Gasteiger partial charge in [0, 0.05) is 49.4 Å². The van der Waals surface area contributed by atoms with Crippen molar-refractivity contribution >= 4 is 20.9 Å². The smallest absolute Gasteiger partial charge is 0.275 e. The summed E-state index contributed by atoms with van der Waals surface area (Å²) >= 11 is 0. The highest BCUT2D eigenvalue weighted by atomic mass is 32.2. The van der Waals surface area contributed by atoms with Gasteiger partial charge in [0.25, 0.3) is 15.6 Å². The minimum absolute atomic E-state index is 0.0740. The van der Waals surface area contributed by atoms with Crippen molar-refractivity contribution in [3.05, 3.63) is 88.5 Å². The molecule has 37 heavy (non-hydrogen) atoms. The first-order valence-electron chi connectivity index (χ1n) is 12.8. The molecule has 2 fully saturated rings. The second-order valence-corrected chi connectivity index (χ2v) is 12.3. The topological polar surface area (TPSA) is 82.3 Å². The van der Waals surface area contributed by atoms with Gasteiger partial charge in [0.05, 0.1) is 17.1 Å². The summed E-state index contributed by atoms with van der Waals surface area (Å²) in [6, 6.07) is 17.1. The number of aromatic nitrogens is 2. The van der Waals surface area contributed by atoms with E-state index in [9.17, 15) is 13.2 Å². The zero-order valence-electron chi connectivity index (χ0n) is 21.1. The first kappa shape index (κ1) is 24.2. The van der Waals surface area contributed by atoms with Gasteiger partial charge in [-0.1, -0.05) is 42.0 Å². The first-order chi connectivity index (χ1) is 17.8. The Labute approximate surface area is 216 Å². The molecule has 2 aromatic carbocycles. The molecule has 2 aliphatic heterocycles. The summed E-state index contributed by atoms with van der Waals surface area (Å²) in [5.41, 5.74) is 3.65. The van der Waals surface area contributed by atoms with Crippen molar-refractivity contribution in [3.8, 4) is 11.1 Å². The van der Waals surface area contributed by atoms with Gasteiger partial charge < -0.3 is 14.6 Å². The van der Waals surface area contributed by atoms with Crippen LogP contribution >= 0.6 is 0 Å². The quantitative estimate of drug-likeness (QED) is 0.433. The van der Waals surface area contributed by atoms with Gasteiger partial charge in [-0.25, -0.2) is 12.4 Å². The first-order valence-corrected chi connectivity index (χ1v) is 14.2. The van der Waals surface area contributed by atoms with Gasteiger partial charge in [0.15, 0.2) is 0 Å². The van der Waals surface area contributed by atoms with Crippen LogP contribution < -0.4 is 10.9 Å². The summed E-state index contributed by atoms with van der Waals surface area (Å²) in [4.78, 5) is 13.3. The number of piperidine rings is 1. The Morgan fingerprint density at radius 1 is 1.05 bits per heavy atom. The van der Waals surface area contributed by atoms with E-state index in [1.165, 1.54) is 10.1 Å². The van der Waals surface area contributed by atoms with Crippen LogP contribution in [-0.2, 0) is 28.2 Å². The Bertz CT molecular complexity index is 1620. The third-order valence-electron chi connectivity index (χ3n) is 7.95. The molecule has 2 aromatic heterocycles. The number of hydrogen-bond donors (Lipinski definition) is 1. The molecule has 0 aliphatic carbocycles. The van der Waals surface area contributed by atoms with Gasteiger partial charge in [0.1, 0.15) is 5.52 Å². The van der Waals surface area contributed by atoms with E-state index < -0.39 is 10.0 Å². The Morgan fingerprint density at radius 3 is 2.41 bits per heavy atom. The van der Waals surface area contributed by atoms with Gasteiger partial charge in [0.2, 0.25) is 0 Å². The van der Waals surface area contributed by atoms with Crippen LogP contribution in [0.15, 0.2) is 76.7 Å². The summed E-state index contributed by atoms with van der Waals surface area (Å²) in [6.07, 6.45) is 7.54. The predicted molar refractivity (Wildman–Crippen MR) is 144 cm³/mol. The number of aryl methyl sites for hydroxylation is 2. The number of rotatable bonds is 5. The molecule has 8 heteroatoms. The second kappa shape index (κ2) is 8.97. The lowest BCUT2D eigenvalue weighted by Crippen LogP contribution is -2.57. The molecule has 2 unspecified atom stereocenters. The number of hydrogen-bond acceptors (Lipinski definition) is 5. The number of fused-ring (bicyclic) bond motifs is 1. The van der Waals surface area contributed by atoms with Crippen LogP contribution in [0.5, 0.6) is 0 Å². The van der Waals surface area contributed by atoms with Crippen LogP contribution in [0.4, 0.5) is 0 Å². The molecule has 7 nitrogen and oxygen atoms in total. The van der Waals surface area contributed by atoms with Gasteiger partial charge >= 0.3 is 0 Å². The van der Waals surface area contributed by atoms with Crippen LogP contribution in [0.25, 0.3) is 22.0 Å². The maximum atomic E-state index is 13.6. The fourth-order valence-corrected chi connectivity index (χ4v) is 6.87. The molecule has 0 bridgehead atoms. The maximum Gasteiger partial charge on any atom is 0.275 e. The summed E-state index contributed by atoms with van der Waals surface area (Å²) in [5, 5.41) is 4.27. The third kappa shape index (κ3) is 4.23. The van der Waals surface area contributed by atoms with E-state index in [0.29, 0.717) is 11.4 Å². The summed E-state index contributed by atoms with van der Waals surface area (Å²) in [6.45, 7) is 3.70. The van der Waals surface area contributed by atoms with Crippen molar-refractivity contribution < 1.29 is 13.2 Å². The number of nitrogens with zero attached hydrogens (tertiary/aromatic N) is 2. The molecule has 6 rings (SSSR count). The Hall–Kier alpha value is -3.20. The van der Waals surface area contributed by atoms with Crippen molar-refractivity contribution in [2.75, 3.05) is 13.2 Å². The fourth-order valence-electron chi connectivity index (χ4n) is 5.50. The molecule has 1 N–H and O–H groups in total. The molecule has 1 spiro atoms. The van der Waals surface area contributed by atoms with E-state index in [4.69, 9.17) is 4.74 Å². The lowest BCUT2D eigenvalue weighted by Gasteiger charge is -2.47. The number of nitrogens with one attached hydrogen (secondary N) is 1. The lowest BCUT2D eigenvalue weighted by atomic mass is 9.83. The molecule has 2 aliphatic rings. The van der Waals surface area contributed by atoms with Crippen molar-refractivity contribution in [2.24, 2.45) is 7.05 Å². The fraction of sp³-hybridized carbons (Fsp3) is 0.345. The molecule has 192 valence electrons. The van der Waals surface area contributed by atoms with E-state index in [1.807, 2.05) is 25.1 Å². The van der Waals surface area contributed by atoms with Crippen LogP contribution in [0.2, 0.25) is 0 Å². The Balaban J connectivity index is 1.34. The Morgan fingerprint density at radius 2 is 1.78 bits per heavy atom. The lowest BCUT2D eigenvalue weighted by molar-refractivity contribution is -0.159. The largest absolute Gasteiger partial charge is 0.373 e. The summed E-state index contributed by atoms with van der Waals surface area (Å²) in [7, 11) is -2.33. The minimum Gasteiger partial charge on any atom is -0.373 e. The molecular formula is C29H31N3O4S. The van der Waals surface area contributed by atoms with Crippen LogP contribution in [-0.4, -0.2) is 41.8 Å². The zero-order chi connectivity index (χ0) is 25.8. The van der Waals surface area contributed by atoms with Gasteiger partial charge in [-0.2, -0.15) is 0 Å². The standard InChI is InChI=1S/C29H31N3O4S/c1-20-3-9-24(10-4-20)37(34,35)32-18-26(25-12-15-31(2)28(33)27(25)32)22-7-5-21(6-8-22)17-23-11-13-29(19-30-23)14-16-36-29/h3-10,12,15,18,23,30H,11,13-14,16-17,19H2,1-2H3. The van der Waals surface area contributed by atoms with Crippen LogP contribution in [0.1, 0.15) is 30.4 Å². The molecular weight excluding hydrogens is 486 g/mol. The molecule has 0 amide bonds. The van der Waals surface area contributed by atoms with Gasteiger partial charge in [-0.05, 0) is 55.5 Å². The predicted octanol–water partition coefficient (Wildman–Crippen LogP) is 4.01. The summed E-state index contributed by atoms with van der Waals surface area (Å²) < 4.78 is 35.6. The van der Waals surface area contributed by atoms with Crippen LogP contribution in [0.3, 0.4) is 0 Å². The molecule has 4 aromatic rings. The van der Waals surface area contributed by atoms with E-state index in [2.05, 4.69) is 17.4 Å². The average molecular weight is 518 g/mol. The average Bonchev–Trinajstić information content (AvgIpc) is 3.28. The number of pyridine rings is 1. The summed E-state index contributed by atoms with van der Waals surface area (Å²) in [5.74, 6) is 0. The molecule has 0 radical (unpaired) electrons.